The molecule has 2 aliphatic rings. The van der Waals surface area contributed by atoms with Crippen molar-refractivity contribution >= 4 is 5.69 Å². The molecule has 1 N–H and O–H groups in total. The Kier molecular flexibility index (Phi) is 2.83. The lowest BCUT2D eigenvalue weighted by Gasteiger charge is -2.41. The standard InChI is InChI=1S/C15H22N2/c1-17-10-4-7-15(12-17)8-9-16-14-6-3-2-5-13(14)11-15/h2-3,5-6,16H,4,7-12H2,1H3. The highest BCUT2D eigenvalue weighted by molar-refractivity contribution is 5.52. The smallest absolute Gasteiger partial charge is 0.0372 e. The third-order valence-corrected chi connectivity index (χ3v) is 4.41. The number of hydrogen-bond acceptors (Lipinski definition) is 2. The molecule has 1 atom stereocenters. The second-order valence-corrected chi connectivity index (χ2v) is 5.85. The molecule has 1 aromatic carbocycles. The highest BCUT2D eigenvalue weighted by Crippen LogP contribution is 2.39. The minimum absolute atomic E-state index is 0.520. The van der Waals surface area contributed by atoms with Gasteiger partial charge in [-0.2, -0.15) is 0 Å². The number of nitrogens with zero attached hydrogens (tertiary/aromatic N) is 1. The van der Waals surface area contributed by atoms with Crippen LogP contribution in [0.5, 0.6) is 0 Å². The lowest BCUT2D eigenvalue weighted by atomic mass is 9.73. The number of anilines is 1. The van der Waals surface area contributed by atoms with Gasteiger partial charge in [-0.05, 0) is 56.3 Å². The maximum absolute atomic E-state index is 3.59. The van der Waals surface area contributed by atoms with Gasteiger partial charge in [-0.25, -0.2) is 0 Å². The molecule has 0 saturated carbocycles. The van der Waals surface area contributed by atoms with Crippen molar-refractivity contribution in [1.82, 2.24) is 4.90 Å². The molecule has 2 heterocycles. The quantitative estimate of drug-likeness (QED) is 0.737. The summed E-state index contributed by atoms with van der Waals surface area (Å²) in [5, 5.41) is 3.59. The van der Waals surface area contributed by atoms with Crippen molar-refractivity contribution in [1.29, 1.82) is 0 Å². The molecule has 0 amide bonds. The van der Waals surface area contributed by atoms with Gasteiger partial charge in [-0.1, -0.05) is 18.2 Å². The molecule has 0 bridgehead atoms. The van der Waals surface area contributed by atoms with Crippen LogP contribution < -0.4 is 5.32 Å². The Morgan fingerprint density at radius 2 is 2.12 bits per heavy atom. The van der Waals surface area contributed by atoms with Crippen molar-refractivity contribution in [3.05, 3.63) is 29.8 Å². The summed E-state index contributed by atoms with van der Waals surface area (Å²) >= 11 is 0. The Bertz CT molecular complexity index is 402. The van der Waals surface area contributed by atoms with Crippen molar-refractivity contribution in [2.75, 3.05) is 32.0 Å². The molecule has 2 aliphatic heterocycles. The predicted molar refractivity (Wildman–Crippen MR) is 72.4 cm³/mol. The summed E-state index contributed by atoms with van der Waals surface area (Å²) in [5.74, 6) is 0. The molecule has 1 aromatic rings. The molecule has 1 saturated heterocycles. The molecule has 0 aromatic heterocycles. The molecular weight excluding hydrogens is 208 g/mol. The zero-order chi connectivity index (χ0) is 11.7. The minimum atomic E-state index is 0.520. The lowest BCUT2D eigenvalue weighted by Crippen LogP contribution is -2.42. The SMILES string of the molecule is CN1CCCC2(CCNc3ccccc3C2)C1. The van der Waals surface area contributed by atoms with Crippen molar-refractivity contribution in [3.63, 3.8) is 0 Å². The van der Waals surface area contributed by atoms with E-state index in [4.69, 9.17) is 0 Å². The topological polar surface area (TPSA) is 15.3 Å². The zero-order valence-corrected chi connectivity index (χ0v) is 10.7. The summed E-state index contributed by atoms with van der Waals surface area (Å²) in [6, 6.07) is 8.83. The first kappa shape index (κ1) is 11.1. The first-order valence-corrected chi connectivity index (χ1v) is 6.78. The van der Waals surface area contributed by atoms with E-state index in [-0.39, 0.29) is 0 Å². The lowest BCUT2D eigenvalue weighted by molar-refractivity contribution is 0.104. The van der Waals surface area contributed by atoms with Gasteiger partial charge in [-0.15, -0.1) is 0 Å². The highest BCUT2D eigenvalue weighted by Gasteiger charge is 2.35. The van der Waals surface area contributed by atoms with E-state index < -0.39 is 0 Å². The Morgan fingerprint density at radius 1 is 1.24 bits per heavy atom. The third-order valence-electron chi connectivity index (χ3n) is 4.41. The summed E-state index contributed by atoms with van der Waals surface area (Å²) in [5.41, 5.74) is 3.39. The molecule has 0 radical (unpaired) electrons. The summed E-state index contributed by atoms with van der Waals surface area (Å²) in [4.78, 5) is 2.51. The van der Waals surface area contributed by atoms with Gasteiger partial charge in [0.15, 0.2) is 0 Å². The minimum Gasteiger partial charge on any atom is -0.385 e. The molecule has 17 heavy (non-hydrogen) atoms. The number of hydrogen-bond donors (Lipinski definition) is 1. The van der Waals surface area contributed by atoms with Crippen LogP contribution in [0.15, 0.2) is 24.3 Å². The monoisotopic (exact) mass is 230 g/mol. The summed E-state index contributed by atoms with van der Waals surface area (Å²) in [6.07, 6.45) is 5.32. The molecule has 3 rings (SSSR count). The van der Waals surface area contributed by atoms with E-state index in [1.807, 2.05) is 0 Å². The fourth-order valence-electron chi connectivity index (χ4n) is 3.60. The molecule has 2 heteroatoms. The average Bonchev–Trinajstić information content (AvgIpc) is 2.47. The van der Waals surface area contributed by atoms with Crippen LogP contribution in [-0.2, 0) is 6.42 Å². The molecule has 1 spiro atoms. The Morgan fingerprint density at radius 3 is 3.00 bits per heavy atom. The number of piperidine rings is 1. The maximum atomic E-state index is 3.59. The summed E-state index contributed by atoms with van der Waals surface area (Å²) < 4.78 is 0. The van der Waals surface area contributed by atoms with Gasteiger partial charge in [0, 0.05) is 18.8 Å². The molecule has 2 nitrogen and oxygen atoms in total. The van der Waals surface area contributed by atoms with E-state index in [9.17, 15) is 0 Å². The molecule has 92 valence electrons. The average molecular weight is 230 g/mol. The molecule has 1 fully saturated rings. The number of para-hydroxylation sites is 1. The number of nitrogens with one attached hydrogen (secondary N) is 1. The van der Waals surface area contributed by atoms with E-state index in [1.54, 1.807) is 0 Å². The summed E-state index contributed by atoms with van der Waals surface area (Å²) in [7, 11) is 2.27. The molecule has 1 unspecified atom stereocenters. The maximum Gasteiger partial charge on any atom is 0.0372 e. The highest BCUT2D eigenvalue weighted by atomic mass is 15.1. The van der Waals surface area contributed by atoms with Crippen molar-refractivity contribution in [3.8, 4) is 0 Å². The van der Waals surface area contributed by atoms with E-state index in [2.05, 4.69) is 41.5 Å². The van der Waals surface area contributed by atoms with E-state index in [0.29, 0.717) is 5.41 Å². The Balaban J connectivity index is 1.88. The normalized spacial score (nSPS) is 29.5. The second-order valence-electron chi connectivity index (χ2n) is 5.85. The largest absolute Gasteiger partial charge is 0.385 e. The van der Waals surface area contributed by atoms with Crippen LogP contribution in [0.25, 0.3) is 0 Å². The Labute approximate surface area is 104 Å². The second kappa shape index (κ2) is 4.34. The number of rotatable bonds is 0. The van der Waals surface area contributed by atoms with Gasteiger partial charge < -0.3 is 10.2 Å². The molecule has 0 aliphatic carbocycles. The van der Waals surface area contributed by atoms with Crippen LogP contribution in [-0.4, -0.2) is 31.6 Å². The van der Waals surface area contributed by atoms with Gasteiger partial charge in [0.1, 0.15) is 0 Å². The first-order chi connectivity index (χ1) is 8.27. The Hall–Kier alpha value is -1.02. The van der Waals surface area contributed by atoms with E-state index in [0.717, 1.165) is 6.54 Å². The van der Waals surface area contributed by atoms with Crippen LogP contribution in [0, 0.1) is 5.41 Å². The fourth-order valence-corrected chi connectivity index (χ4v) is 3.60. The van der Waals surface area contributed by atoms with Crippen molar-refractivity contribution in [2.45, 2.75) is 25.7 Å². The van der Waals surface area contributed by atoms with Crippen LogP contribution in [0.1, 0.15) is 24.8 Å². The van der Waals surface area contributed by atoms with Crippen LogP contribution in [0.4, 0.5) is 5.69 Å². The van der Waals surface area contributed by atoms with Crippen LogP contribution >= 0.6 is 0 Å². The fraction of sp³-hybridized carbons (Fsp3) is 0.600. The van der Waals surface area contributed by atoms with Gasteiger partial charge in [-0.3, -0.25) is 0 Å². The number of fused-ring (bicyclic) bond motifs is 1. The van der Waals surface area contributed by atoms with E-state index in [1.165, 1.54) is 50.0 Å². The number of likely N-dealkylation sites (tertiary alicyclic amines) is 1. The predicted octanol–water partition coefficient (Wildman–Crippen LogP) is 2.76. The van der Waals surface area contributed by atoms with Gasteiger partial charge >= 0.3 is 0 Å². The van der Waals surface area contributed by atoms with Gasteiger partial charge in [0.25, 0.3) is 0 Å². The third kappa shape index (κ3) is 2.19. The van der Waals surface area contributed by atoms with Crippen LogP contribution in [0.2, 0.25) is 0 Å². The van der Waals surface area contributed by atoms with Gasteiger partial charge in [0.2, 0.25) is 0 Å². The van der Waals surface area contributed by atoms with Crippen molar-refractivity contribution in [2.24, 2.45) is 5.41 Å². The van der Waals surface area contributed by atoms with E-state index >= 15 is 0 Å². The first-order valence-electron chi connectivity index (χ1n) is 6.78. The van der Waals surface area contributed by atoms with Gasteiger partial charge in [0.05, 0.1) is 0 Å². The zero-order valence-electron chi connectivity index (χ0n) is 10.7. The number of benzene rings is 1. The van der Waals surface area contributed by atoms with Crippen molar-refractivity contribution < 1.29 is 0 Å². The summed E-state index contributed by atoms with van der Waals surface area (Å²) in [6.45, 7) is 3.67. The molecular formula is C15H22N2. The van der Waals surface area contributed by atoms with Crippen LogP contribution in [0.3, 0.4) is 0 Å².